The van der Waals surface area contributed by atoms with E-state index in [4.69, 9.17) is 4.74 Å². The second-order valence-corrected chi connectivity index (χ2v) is 8.34. The molecule has 0 spiro atoms. The molecule has 1 atom stereocenters. The standard InChI is InChI=1S/C23H26N6O3/c1-14-17(23(31)28-8-10-32-11-9-28)13-24-21(25-14)20-4-3-7-29(20)22(30)16-5-6-18-19(12-16)27-15(2)26-18/h5-6,12-13,20H,3-4,7-11H2,1-2H3,(H,26,27)/t20-/m0/s1. The molecule has 5 rings (SSSR count). The van der Waals surface area contributed by atoms with E-state index in [9.17, 15) is 9.59 Å². The lowest BCUT2D eigenvalue weighted by molar-refractivity contribution is 0.0301. The topological polar surface area (TPSA) is 104 Å². The number of fused-ring (bicyclic) bond motifs is 1. The van der Waals surface area contributed by atoms with Crippen molar-refractivity contribution in [3.63, 3.8) is 0 Å². The molecule has 9 nitrogen and oxygen atoms in total. The number of H-pyrrole nitrogens is 1. The first-order valence-corrected chi connectivity index (χ1v) is 11.0. The number of ether oxygens (including phenoxy) is 1. The van der Waals surface area contributed by atoms with Crippen LogP contribution in [0.1, 0.15) is 56.9 Å². The number of aromatic nitrogens is 4. The summed E-state index contributed by atoms with van der Waals surface area (Å²) in [5, 5.41) is 0. The van der Waals surface area contributed by atoms with E-state index in [0.717, 1.165) is 29.7 Å². The maximum Gasteiger partial charge on any atom is 0.257 e. The van der Waals surface area contributed by atoms with Crippen molar-refractivity contribution in [3.8, 4) is 0 Å². The number of nitrogens with one attached hydrogen (secondary N) is 1. The van der Waals surface area contributed by atoms with Gasteiger partial charge in [0.05, 0.1) is 41.5 Å². The minimum atomic E-state index is -0.201. The molecule has 9 heteroatoms. The first kappa shape index (κ1) is 20.6. The van der Waals surface area contributed by atoms with Crippen molar-refractivity contribution in [2.75, 3.05) is 32.8 Å². The summed E-state index contributed by atoms with van der Waals surface area (Å²) in [6.45, 7) is 6.62. The van der Waals surface area contributed by atoms with Crippen LogP contribution in [0.3, 0.4) is 0 Å². The van der Waals surface area contributed by atoms with E-state index in [-0.39, 0.29) is 17.9 Å². The number of nitrogens with zero attached hydrogens (tertiary/aromatic N) is 5. The first-order valence-electron chi connectivity index (χ1n) is 11.0. The second kappa shape index (κ2) is 8.31. The average molecular weight is 435 g/mol. The molecule has 2 amide bonds. The van der Waals surface area contributed by atoms with E-state index in [1.165, 1.54) is 0 Å². The second-order valence-electron chi connectivity index (χ2n) is 8.34. The minimum Gasteiger partial charge on any atom is -0.378 e. The molecule has 0 radical (unpaired) electrons. The fraction of sp³-hybridized carbons (Fsp3) is 0.435. The van der Waals surface area contributed by atoms with E-state index in [1.54, 1.807) is 11.1 Å². The molecular formula is C23H26N6O3. The molecule has 2 aliphatic rings. The molecule has 2 fully saturated rings. The molecule has 166 valence electrons. The number of amides is 2. The number of rotatable bonds is 3. The molecule has 0 aliphatic carbocycles. The minimum absolute atomic E-state index is 0.0450. The van der Waals surface area contributed by atoms with Crippen LogP contribution in [-0.2, 0) is 4.74 Å². The van der Waals surface area contributed by atoms with Crippen molar-refractivity contribution >= 4 is 22.8 Å². The summed E-state index contributed by atoms with van der Waals surface area (Å²) in [6.07, 6.45) is 3.29. The van der Waals surface area contributed by atoms with Crippen LogP contribution in [0.15, 0.2) is 24.4 Å². The monoisotopic (exact) mass is 434 g/mol. The average Bonchev–Trinajstić information content (AvgIpc) is 3.44. The van der Waals surface area contributed by atoms with E-state index >= 15 is 0 Å². The predicted octanol–water partition coefficient (Wildman–Crippen LogP) is 2.42. The van der Waals surface area contributed by atoms with Gasteiger partial charge in [0, 0.05) is 31.4 Å². The number of morpholine rings is 1. The third-order valence-electron chi connectivity index (χ3n) is 6.19. The van der Waals surface area contributed by atoms with Gasteiger partial charge in [-0.15, -0.1) is 0 Å². The van der Waals surface area contributed by atoms with Crippen LogP contribution in [0, 0.1) is 13.8 Å². The Morgan fingerprint density at radius 2 is 1.91 bits per heavy atom. The molecule has 32 heavy (non-hydrogen) atoms. The normalized spacial score (nSPS) is 19.0. The molecule has 3 aromatic rings. The quantitative estimate of drug-likeness (QED) is 0.679. The van der Waals surface area contributed by atoms with Crippen LogP contribution >= 0.6 is 0 Å². The Morgan fingerprint density at radius 3 is 2.69 bits per heavy atom. The Labute approximate surface area is 185 Å². The van der Waals surface area contributed by atoms with Crippen molar-refractivity contribution in [1.82, 2.24) is 29.7 Å². The number of carbonyl (C=O) groups is 2. The number of hydrogen-bond acceptors (Lipinski definition) is 6. The molecule has 2 aliphatic heterocycles. The highest BCUT2D eigenvalue weighted by molar-refractivity contribution is 5.98. The molecule has 1 N–H and O–H groups in total. The zero-order valence-corrected chi connectivity index (χ0v) is 18.3. The number of aromatic amines is 1. The highest BCUT2D eigenvalue weighted by Crippen LogP contribution is 2.32. The Bertz CT molecular complexity index is 1180. The number of aryl methyl sites for hydroxylation is 2. The third-order valence-corrected chi connectivity index (χ3v) is 6.19. The summed E-state index contributed by atoms with van der Waals surface area (Å²) in [7, 11) is 0. The van der Waals surface area contributed by atoms with Gasteiger partial charge in [-0.3, -0.25) is 9.59 Å². The SMILES string of the molecule is Cc1nc2ccc(C(=O)N3CCC[C@H]3c3ncc(C(=O)N4CCOCC4)c(C)n3)cc2[nH]1. The van der Waals surface area contributed by atoms with Crippen molar-refractivity contribution in [2.24, 2.45) is 0 Å². The number of benzene rings is 1. The smallest absolute Gasteiger partial charge is 0.257 e. The summed E-state index contributed by atoms with van der Waals surface area (Å²) in [6, 6.07) is 5.33. The summed E-state index contributed by atoms with van der Waals surface area (Å²) >= 11 is 0. The van der Waals surface area contributed by atoms with Crippen LogP contribution in [0.25, 0.3) is 11.0 Å². The molecular weight excluding hydrogens is 408 g/mol. The number of likely N-dealkylation sites (tertiary alicyclic amines) is 1. The van der Waals surface area contributed by atoms with Gasteiger partial charge in [0.2, 0.25) is 0 Å². The Kier molecular flexibility index (Phi) is 5.34. The van der Waals surface area contributed by atoms with E-state index in [1.807, 2.05) is 36.9 Å². The summed E-state index contributed by atoms with van der Waals surface area (Å²) < 4.78 is 5.33. The summed E-state index contributed by atoms with van der Waals surface area (Å²) in [5.74, 6) is 1.29. The number of imidazole rings is 1. The van der Waals surface area contributed by atoms with Crippen LogP contribution in [0.5, 0.6) is 0 Å². The molecule has 0 bridgehead atoms. The highest BCUT2D eigenvalue weighted by Gasteiger charge is 2.33. The van der Waals surface area contributed by atoms with Gasteiger partial charge in [-0.25, -0.2) is 15.0 Å². The highest BCUT2D eigenvalue weighted by atomic mass is 16.5. The van der Waals surface area contributed by atoms with Gasteiger partial charge in [0.25, 0.3) is 11.8 Å². The summed E-state index contributed by atoms with van der Waals surface area (Å²) in [4.78, 5) is 46.5. The lowest BCUT2D eigenvalue weighted by Crippen LogP contribution is -2.41. The van der Waals surface area contributed by atoms with Crippen molar-refractivity contribution in [2.45, 2.75) is 32.7 Å². The number of carbonyl (C=O) groups excluding carboxylic acids is 2. The molecule has 0 unspecified atom stereocenters. The predicted molar refractivity (Wildman–Crippen MR) is 117 cm³/mol. The fourth-order valence-corrected chi connectivity index (χ4v) is 4.51. The zero-order chi connectivity index (χ0) is 22.2. The first-order chi connectivity index (χ1) is 15.5. The molecule has 2 saturated heterocycles. The lowest BCUT2D eigenvalue weighted by Gasteiger charge is -2.27. The van der Waals surface area contributed by atoms with E-state index in [0.29, 0.717) is 55.5 Å². The van der Waals surface area contributed by atoms with Crippen LogP contribution in [0.4, 0.5) is 0 Å². The van der Waals surface area contributed by atoms with Crippen molar-refractivity contribution < 1.29 is 14.3 Å². The molecule has 1 aromatic carbocycles. The van der Waals surface area contributed by atoms with Gasteiger partial charge in [0.1, 0.15) is 5.82 Å². The van der Waals surface area contributed by atoms with Crippen molar-refractivity contribution in [3.05, 3.63) is 52.9 Å². The molecule has 0 saturated carbocycles. The van der Waals surface area contributed by atoms with E-state index < -0.39 is 0 Å². The lowest BCUT2D eigenvalue weighted by atomic mass is 10.1. The largest absolute Gasteiger partial charge is 0.378 e. The zero-order valence-electron chi connectivity index (χ0n) is 18.3. The van der Waals surface area contributed by atoms with Crippen LogP contribution < -0.4 is 0 Å². The molecule has 2 aromatic heterocycles. The Hall–Kier alpha value is -3.33. The van der Waals surface area contributed by atoms with Gasteiger partial charge in [-0.1, -0.05) is 0 Å². The van der Waals surface area contributed by atoms with Gasteiger partial charge in [-0.05, 0) is 44.9 Å². The van der Waals surface area contributed by atoms with Gasteiger partial charge < -0.3 is 19.5 Å². The maximum absolute atomic E-state index is 13.3. The summed E-state index contributed by atoms with van der Waals surface area (Å²) in [5.41, 5.74) is 3.45. The fourth-order valence-electron chi connectivity index (χ4n) is 4.51. The van der Waals surface area contributed by atoms with Crippen molar-refractivity contribution in [1.29, 1.82) is 0 Å². The van der Waals surface area contributed by atoms with Gasteiger partial charge in [0.15, 0.2) is 5.82 Å². The van der Waals surface area contributed by atoms with Gasteiger partial charge in [-0.2, -0.15) is 0 Å². The Morgan fingerprint density at radius 1 is 1.09 bits per heavy atom. The third kappa shape index (κ3) is 3.73. The Balaban J connectivity index is 1.38. The van der Waals surface area contributed by atoms with E-state index in [2.05, 4.69) is 19.9 Å². The maximum atomic E-state index is 13.3. The number of hydrogen-bond donors (Lipinski definition) is 1. The molecule has 4 heterocycles. The van der Waals surface area contributed by atoms with Crippen LogP contribution in [-0.4, -0.2) is 74.4 Å². The van der Waals surface area contributed by atoms with Gasteiger partial charge >= 0.3 is 0 Å². The van der Waals surface area contributed by atoms with Crippen LogP contribution in [0.2, 0.25) is 0 Å².